The van der Waals surface area contributed by atoms with E-state index in [-0.39, 0.29) is 17.5 Å². The molecule has 0 aliphatic heterocycles. The third-order valence-corrected chi connectivity index (χ3v) is 3.16. The maximum atomic E-state index is 12.2. The molecule has 1 aromatic heterocycles. The molecule has 0 saturated carbocycles. The number of carboxylic acid groups (broad SMARTS) is 1. The van der Waals surface area contributed by atoms with Gasteiger partial charge in [-0.25, -0.2) is 4.79 Å². The van der Waals surface area contributed by atoms with Gasteiger partial charge in [0.25, 0.3) is 5.91 Å². The van der Waals surface area contributed by atoms with Gasteiger partial charge in [-0.1, -0.05) is 0 Å². The van der Waals surface area contributed by atoms with E-state index < -0.39 is 5.97 Å². The first kappa shape index (κ1) is 14.8. The van der Waals surface area contributed by atoms with Crippen LogP contribution in [0.15, 0.2) is 30.6 Å². The topological polar surface area (TPSA) is 84.2 Å². The summed E-state index contributed by atoms with van der Waals surface area (Å²) in [7, 11) is 1.80. The van der Waals surface area contributed by atoms with E-state index in [0.717, 1.165) is 11.1 Å². The van der Waals surface area contributed by atoms with Gasteiger partial charge in [0.1, 0.15) is 0 Å². The van der Waals surface area contributed by atoms with E-state index in [2.05, 4.69) is 10.4 Å². The first-order valence-corrected chi connectivity index (χ1v) is 6.51. The third kappa shape index (κ3) is 3.47. The summed E-state index contributed by atoms with van der Waals surface area (Å²) in [5.41, 5.74) is 2.06. The number of nitrogens with zero attached hydrogens (tertiary/aromatic N) is 2. The Morgan fingerprint density at radius 2 is 1.95 bits per heavy atom. The molecule has 0 aliphatic rings. The maximum absolute atomic E-state index is 12.2. The van der Waals surface area contributed by atoms with Crippen LogP contribution in [-0.2, 0) is 7.05 Å². The average molecular weight is 287 g/mol. The lowest BCUT2D eigenvalue weighted by Gasteiger charge is -2.13. The first-order chi connectivity index (χ1) is 9.86. The maximum Gasteiger partial charge on any atom is 0.335 e. The molecule has 0 radical (unpaired) electrons. The molecular weight excluding hydrogens is 270 g/mol. The van der Waals surface area contributed by atoms with Crippen molar-refractivity contribution >= 4 is 11.9 Å². The predicted molar refractivity (Wildman–Crippen MR) is 77.2 cm³/mol. The summed E-state index contributed by atoms with van der Waals surface area (Å²) >= 11 is 0. The number of hydrogen-bond donors (Lipinski definition) is 2. The highest BCUT2D eigenvalue weighted by atomic mass is 16.4. The van der Waals surface area contributed by atoms with E-state index in [9.17, 15) is 9.59 Å². The zero-order valence-electron chi connectivity index (χ0n) is 12.1. The lowest BCUT2D eigenvalue weighted by molar-refractivity contribution is 0.0696. The van der Waals surface area contributed by atoms with E-state index in [4.69, 9.17) is 5.11 Å². The summed E-state index contributed by atoms with van der Waals surface area (Å²) in [5.74, 6) is -1.36. The fourth-order valence-electron chi connectivity index (χ4n) is 2.06. The van der Waals surface area contributed by atoms with Crippen molar-refractivity contribution in [2.24, 2.45) is 7.05 Å². The van der Waals surface area contributed by atoms with Crippen molar-refractivity contribution in [3.05, 3.63) is 52.8 Å². The van der Waals surface area contributed by atoms with Crippen molar-refractivity contribution in [3.8, 4) is 0 Å². The van der Waals surface area contributed by atoms with Crippen LogP contribution in [0.2, 0.25) is 0 Å². The fourth-order valence-corrected chi connectivity index (χ4v) is 2.06. The van der Waals surface area contributed by atoms with Crippen molar-refractivity contribution < 1.29 is 14.7 Å². The Bertz CT molecular complexity index is 691. The number of carbonyl (C=O) groups is 2. The minimum atomic E-state index is -1.05. The molecule has 0 saturated heterocycles. The van der Waals surface area contributed by atoms with E-state index >= 15 is 0 Å². The van der Waals surface area contributed by atoms with E-state index in [0.29, 0.717) is 5.56 Å². The first-order valence-electron chi connectivity index (χ1n) is 6.51. The molecule has 6 heteroatoms. The van der Waals surface area contributed by atoms with Crippen molar-refractivity contribution in [2.75, 3.05) is 0 Å². The highest BCUT2D eigenvalue weighted by Gasteiger charge is 2.15. The van der Waals surface area contributed by atoms with Gasteiger partial charge in [0.05, 0.1) is 17.8 Å². The number of carbonyl (C=O) groups excluding carboxylic acids is 1. The number of rotatable bonds is 4. The molecule has 2 N–H and O–H groups in total. The summed E-state index contributed by atoms with van der Waals surface area (Å²) < 4.78 is 1.66. The molecule has 2 aromatic rings. The summed E-state index contributed by atoms with van der Waals surface area (Å²) in [4.78, 5) is 23.3. The number of amides is 1. The SMILES string of the molecule is Cc1cc(C(=O)O)cc(C(=O)NC(C)c2cnn(C)c2)c1. The Labute approximate surface area is 122 Å². The molecule has 110 valence electrons. The average Bonchev–Trinajstić information content (AvgIpc) is 2.84. The van der Waals surface area contributed by atoms with Crippen molar-refractivity contribution in [2.45, 2.75) is 19.9 Å². The molecule has 0 bridgehead atoms. The van der Waals surface area contributed by atoms with Crippen LogP contribution < -0.4 is 5.32 Å². The number of benzene rings is 1. The van der Waals surface area contributed by atoms with Gasteiger partial charge in [-0.15, -0.1) is 0 Å². The van der Waals surface area contributed by atoms with Crippen LogP contribution in [0.4, 0.5) is 0 Å². The highest BCUT2D eigenvalue weighted by molar-refractivity contribution is 5.98. The zero-order valence-corrected chi connectivity index (χ0v) is 12.1. The summed E-state index contributed by atoms with van der Waals surface area (Å²) in [6.45, 7) is 3.61. The largest absolute Gasteiger partial charge is 0.478 e. The number of hydrogen-bond acceptors (Lipinski definition) is 3. The Morgan fingerprint density at radius 3 is 2.52 bits per heavy atom. The minimum Gasteiger partial charge on any atom is -0.478 e. The molecule has 2 rings (SSSR count). The molecule has 0 fully saturated rings. The molecule has 21 heavy (non-hydrogen) atoms. The summed E-state index contributed by atoms with van der Waals surface area (Å²) in [6.07, 6.45) is 3.51. The van der Waals surface area contributed by atoms with Crippen LogP contribution in [0.5, 0.6) is 0 Å². The fraction of sp³-hybridized carbons (Fsp3) is 0.267. The zero-order chi connectivity index (χ0) is 15.6. The predicted octanol–water partition coefficient (Wildman–Crippen LogP) is 1.92. The normalized spacial score (nSPS) is 12.0. The van der Waals surface area contributed by atoms with Crippen LogP contribution in [0, 0.1) is 6.92 Å². The van der Waals surface area contributed by atoms with Gasteiger partial charge in [0.15, 0.2) is 0 Å². The molecule has 6 nitrogen and oxygen atoms in total. The van der Waals surface area contributed by atoms with Crippen molar-refractivity contribution in [3.63, 3.8) is 0 Å². The van der Waals surface area contributed by atoms with Crippen LogP contribution in [0.1, 0.15) is 44.8 Å². The summed E-state index contributed by atoms with van der Waals surface area (Å²) in [6, 6.07) is 4.36. The molecule has 1 aromatic carbocycles. The van der Waals surface area contributed by atoms with Gasteiger partial charge in [0.2, 0.25) is 0 Å². The Morgan fingerprint density at radius 1 is 1.29 bits per heavy atom. The number of carboxylic acids is 1. The Balaban J connectivity index is 2.18. The van der Waals surface area contributed by atoms with E-state index in [1.807, 2.05) is 13.1 Å². The Kier molecular flexibility index (Phi) is 4.07. The van der Waals surface area contributed by atoms with Gasteiger partial charge >= 0.3 is 5.97 Å². The number of nitrogens with one attached hydrogen (secondary N) is 1. The monoisotopic (exact) mass is 287 g/mol. The van der Waals surface area contributed by atoms with E-state index in [1.54, 1.807) is 30.9 Å². The number of aryl methyl sites for hydroxylation is 2. The smallest absolute Gasteiger partial charge is 0.335 e. The second kappa shape index (κ2) is 5.78. The molecule has 1 heterocycles. The van der Waals surface area contributed by atoms with Gasteiger partial charge < -0.3 is 10.4 Å². The second-order valence-corrected chi connectivity index (χ2v) is 5.04. The number of aromatic nitrogens is 2. The highest BCUT2D eigenvalue weighted by Crippen LogP contribution is 2.14. The van der Waals surface area contributed by atoms with Gasteiger partial charge in [0, 0.05) is 24.4 Å². The molecule has 1 unspecified atom stereocenters. The molecule has 0 aliphatic carbocycles. The third-order valence-electron chi connectivity index (χ3n) is 3.16. The lowest BCUT2D eigenvalue weighted by Crippen LogP contribution is -2.26. The van der Waals surface area contributed by atoms with Crippen LogP contribution >= 0.6 is 0 Å². The van der Waals surface area contributed by atoms with Crippen LogP contribution in [0.3, 0.4) is 0 Å². The molecule has 1 atom stereocenters. The van der Waals surface area contributed by atoms with E-state index in [1.165, 1.54) is 12.1 Å². The van der Waals surface area contributed by atoms with Gasteiger partial charge in [-0.3, -0.25) is 9.48 Å². The molecule has 0 spiro atoms. The molecular formula is C15H17N3O3. The van der Waals surface area contributed by atoms with Crippen molar-refractivity contribution in [1.29, 1.82) is 0 Å². The summed E-state index contributed by atoms with van der Waals surface area (Å²) in [5, 5.41) is 15.9. The van der Waals surface area contributed by atoms with Gasteiger partial charge in [-0.2, -0.15) is 5.10 Å². The molecule has 1 amide bonds. The standard InChI is InChI=1S/C15H17N3O3/c1-9-4-11(6-12(5-9)15(20)21)14(19)17-10(2)13-7-16-18(3)8-13/h4-8,10H,1-3H3,(H,17,19)(H,20,21). The van der Waals surface area contributed by atoms with Crippen LogP contribution in [0.25, 0.3) is 0 Å². The minimum absolute atomic E-state index is 0.106. The number of aromatic carboxylic acids is 1. The van der Waals surface area contributed by atoms with Crippen molar-refractivity contribution in [1.82, 2.24) is 15.1 Å². The lowest BCUT2D eigenvalue weighted by atomic mass is 10.1. The Hall–Kier alpha value is -2.63. The quantitative estimate of drug-likeness (QED) is 0.899. The van der Waals surface area contributed by atoms with Gasteiger partial charge in [-0.05, 0) is 37.6 Å². The second-order valence-electron chi connectivity index (χ2n) is 5.04. The van der Waals surface area contributed by atoms with Crippen LogP contribution in [-0.4, -0.2) is 26.8 Å².